The summed E-state index contributed by atoms with van der Waals surface area (Å²) in [6.45, 7) is 0.592. The molecule has 3 rings (SSSR count). The molecule has 0 bridgehead atoms. The van der Waals surface area contributed by atoms with E-state index in [-0.39, 0.29) is 0 Å². The average molecular weight is 201 g/mol. The van der Waals surface area contributed by atoms with Crippen LogP contribution >= 0.6 is 0 Å². The molecule has 3 N–H and O–H groups in total. The van der Waals surface area contributed by atoms with E-state index in [0.717, 1.165) is 34.2 Å². The van der Waals surface area contributed by atoms with Crippen molar-refractivity contribution < 1.29 is 4.42 Å². The molecule has 4 nitrogen and oxygen atoms in total. The lowest BCUT2D eigenvalue weighted by Gasteiger charge is -1.90. The first-order valence-corrected chi connectivity index (χ1v) is 4.94. The fraction of sp³-hybridized carbons (Fsp3) is 0.182. The lowest BCUT2D eigenvalue weighted by molar-refractivity contribution is 0.660. The summed E-state index contributed by atoms with van der Waals surface area (Å²) in [6.07, 6.45) is 0.760. The van der Waals surface area contributed by atoms with Crippen LogP contribution in [0.3, 0.4) is 0 Å². The van der Waals surface area contributed by atoms with Gasteiger partial charge in [0.1, 0.15) is 11.1 Å². The molecular formula is C11H11N3O. The Balaban J connectivity index is 2.35. The van der Waals surface area contributed by atoms with Crippen LogP contribution in [0, 0.1) is 0 Å². The third kappa shape index (κ3) is 1.15. The number of H-pyrrole nitrogens is 1. The fourth-order valence-corrected chi connectivity index (χ4v) is 1.84. The van der Waals surface area contributed by atoms with E-state index >= 15 is 0 Å². The Hall–Kier alpha value is -1.81. The number of nitrogens with two attached hydrogens (primary N) is 1. The van der Waals surface area contributed by atoms with Gasteiger partial charge in [0.2, 0.25) is 0 Å². The smallest absolute Gasteiger partial charge is 0.176 e. The quantitative estimate of drug-likeness (QED) is 0.664. The maximum Gasteiger partial charge on any atom is 0.176 e. The average Bonchev–Trinajstić information content (AvgIpc) is 2.79. The summed E-state index contributed by atoms with van der Waals surface area (Å²) in [6, 6.07) is 7.89. The van der Waals surface area contributed by atoms with Gasteiger partial charge in [0.25, 0.3) is 0 Å². The number of nitrogens with zero attached hydrogens (tertiary/aromatic N) is 1. The number of fused-ring (bicyclic) bond motifs is 3. The van der Waals surface area contributed by atoms with Gasteiger partial charge >= 0.3 is 0 Å². The van der Waals surface area contributed by atoms with E-state index in [4.69, 9.17) is 10.2 Å². The fourth-order valence-electron chi connectivity index (χ4n) is 1.84. The van der Waals surface area contributed by atoms with Crippen molar-refractivity contribution in [1.82, 2.24) is 10.2 Å². The van der Waals surface area contributed by atoms with E-state index in [9.17, 15) is 0 Å². The predicted octanol–water partition coefficient (Wildman–Crippen LogP) is 1.81. The highest BCUT2D eigenvalue weighted by molar-refractivity contribution is 6.03. The molecule has 0 atom stereocenters. The molecule has 0 aliphatic rings. The van der Waals surface area contributed by atoms with E-state index < -0.39 is 0 Å². The van der Waals surface area contributed by atoms with Crippen molar-refractivity contribution in [3.63, 3.8) is 0 Å². The van der Waals surface area contributed by atoms with Gasteiger partial charge in [0, 0.05) is 11.8 Å². The zero-order valence-corrected chi connectivity index (χ0v) is 8.16. The molecule has 0 saturated carbocycles. The summed E-state index contributed by atoms with van der Waals surface area (Å²) in [5, 5.41) is 8.26. The molecule has 2 heterocycles. The van der Waals surface area contributed by atoms with Crippen molar-refractivity contribution in [3.8, 4) is 0 Å². The van der Waals surface area contributed by atoms with E-state index in [1.807, 2.05) is 24.3 Å². The highest BCUT2D eigenvalue weighted by atomic mass is 16.3. The number of nitrogens with one attached hydrogen (secondary N) is 1. The molecule has 4 heteroatoms. The first-order chi connectivity index (χ1) is 7.40. The van der Waals surface area contributed by atoms with Crippen LogP contribution in [0.2, 0.25) is 0 Å². The second-order valence-corrected chi connectivity index (χ2v) is 3.52. The minimum atomic E-state index is 0.592. The number of aromatic amines is 1. The molecule has 76 valence electrons. The highest BCUT2D eigenvalue weighted by Gasteiger charge is 2.12. The molecule has 1 aromatic carbocycles. The largest absolute Gasteiger partial charge is 0.452 e. The number of hydrogen-bond donors (Lipinski definition) is 2. The summed E-state index contributed by atoms with van der Waals surface area (Å²) in [5.74, 6) is 0. The number of benzene rings is 1. The monoisotopic (exact) mass is 201 g/mol. The van der Waals surface area contributed by atoms with E-state index in [1.165, 1.54) is 0 Å². The van der Waals surface area contributed by atoms with E-state index in [0.29, 0.717) is 6.54 Å². The zero-order chi connectivity index (χ0) is 10.3. The Kier molecular flexibility index (Phi) is 1.76. The number of aromatic nitrogens is 2. The van der Waals surface area contributed by atoms with Crippen LogP contribution in [-0.2, 0) is 6.42 Å². The van der Waals surface area contributed by atoms with Crippen molar-refractivity contribution in [2.75, 3.05) is 6.54 Å². The van der Waals surface area contributed by atoms with Crippen molar-refractivity contribution in [1.29, 1.82) is 0 Å². The second-order valence-electron chi connectivity index (χ2n) is 3.52. The second kappa shape index (κ2) is 3.10. The minimum absolute atomic E-state index is 0.592. The van der Waals surface area contributed by atoms with Crippen LogP contribution in [0.4, 0.5) is 0 Å². The first-order valence-electron chi connectivity index (χ1n) is 4.94. The van der Waals surface area contributed by atoms with Gasteiger partial charge in [-0.2, -0.15) is 5.10 Å². The molecule has 0 radical (unpaired) electrons. The van der Waals surface area contributed by atoms with Crippen molar-refractivity contribution in [2.45, 2.75) is 6.42 Å². The molecule has 0 saturated heterocycles. The third-order valence-corrected chi connectivity index (χ3v) is 2.54. The van der Waals surface area contributed by atoms with Crippen molar-refractivity contribution >= 4 is 22.1 Å². The highest BCUT2D eigenvalue weighted by Crippen LogP contribution is 2.28. The maximum atomic E-state index is 5.73. The Morgan fingerprint density at radius 1 is 1.33 bits per heavy atom. The minimum Gasteiger partial charge on any atom is -0.452 e. The Morgan fingerprint density at radius 3 is 3.07 bits per heavy atom. The van der Waals surface area contributed by atoms with Crippen LogP contribution in [0.5, 0.6) is 0 Å². The van der Waals surface area contributed by atoms with E-state index in [2.05, 4.69) is 10.2 Å². The summed E-state index contributed by atoms with van der Waals surface area (Å²) < 4.78 is 5.73. The van der Waals surface area contributed by atoms with Gasteiger partial charge in [-0.1, -0.05) is 12.1 Å². The topological polar surface area (TPSA) is 67.8 Å². The normalized spacial score (nSPS) is 11.5. The summed E-state index contributed by atoms with van der Waals surface area (Å²) in [5.41, 5.74) is 9.10. The number of para-hydroxylation sites is 1. The van der Waals surface area contributed by atoms with Gasteiger partial charge in [0.15, 0.2) is 5.58 Å². The van der Waals surface area contributed by atoms with Gasteiger partial charge in [0.05, 0.1) is 5.69 Å². The van der Waals surface area contributed by atoms with Crippen molar-refractivity contribution in [3.05, 3.63) is 30.0 Å². The molecule has 0 aliphatic carbocycles. The van der Waals surface area contributed by atoms with Gasteiger partial charge < -0.3 is 10.2 Å². The first kappa shape index (κ1) is 8.49. The SMILES string of the molecule is NCCc1[nH]nc2c1oc1ccccc12. The predicted molar refractivity (Wildman–Crippen MR) is 58.6 cm³/mol. The molecule has 0 unspecified atom stereocenters. The van der Waals surface area contributed by atoms with Crippen LogP contribution in [0.1, 0.15) is 5.69 Å². The van der Waals surface area contributed by atoms with Gasteiger partial charge in [-0.25, -0.2) is 0 Å². The lowest BCUT2D eigenvalue weighted by atomic mass is 10.2. The van der Waals surface area contributed by atoms with Crippen molar-refractivity contribution in [2.24, 2.45) is 5.73 Å². The standard InChI is InChI=1S/C11H11N3O/c12-6-5-8-11-10(14-13-8)7-3-1-2-4-9(7)15-11/h1-4H,5-6,12H2,(H,13,14). The summed E-state index contributed by atoms with van der Waals surface area (Å²) in [4.78, 5) is 0. The molecule has 0 spiro atoms. The van der Waals surface area contributed by atoms with Gasteiger partial charge in [-0.05, 0) is 18.7 Å². The van der Waals surface area contributed by atoms with Crippen LogP contribution in [-0.4, -0.2) is 16.7 Å². The van der Waals surface area contributed by atoms with Crippen LogP contribution in [0.25, 0.3) is 22.1 Å². The third-order valence-electron chi connectivity index (χ3n) is 2.54. The zero-order valence-electron chi connectivity index (χ0n) is 8.16. The van der Waals surface area contributed by atoms with Gasteiger partial charge in [-0.3, -0.25) is 5.10 Å². The van der Waals surface area contributed by atoms with Crippen LogP contribution in [0.15, 0.2) is 28.7 Å². The lowest BCUT2D eigenvalue weighted by Crippen LogP contribution is -2.02. The molecule has 15 heavy (non-hydrogen) atoms. The Morgan fingerprint density at radius 2 is 2.20 bits per heavy atom. The molecule has 3 aromatic rings. The molecule has 0 amide bonds. The Labute approximate surface area is 86.1 Å². The molecular weight excluding hydrogens is 190 g/mol. The number of hydrogen-bond acceptors (Lipinski definition) is 3. The molecule has 2 aromatic heterocycles. The number of rotatable bonds is 2. The van der Waals surface area contributed by atoms with Crippen LogP contribution < -0.4 is 5.73 Å². The molecule has 0 fully saturated rings. The maximum absolute atomic E-state index is 5.73. The number of furan rings is 1. The summed E-state index contributed by atoms with van der Waals surface area (Å²) in [7, 11) is 0. The Bertz CT molecular complexity index is 608. The molecule has 0 aliphatic heterocycles. The summed E-state index contributed by atoms with van der Waals surface area (Å²) >= 11 is 0. The van der Waals surface area contributed by atoms with E-state index in [1.54, 1.807) is 0 Å². The van der Waals surface area contributed by atoms with Gasteiger partial charge in [-0.15, -0.1) is 0 Å².